The molecule has 0 aliphatic carbocycles. The van der Waals surface area contributed by atoms with Crippen LogP contribution in [0.1, 0.15) is 33.6 Å². The third kappa shape index (κ3) is 4.75. The fraction of sp³-hybridized carbons (Fsp3) is 0.350. The lowest BCUT2D eigenvalue weighted by atomic mass is 10.1. The third-order valence-electron chi connectivity index (χ3n) is 4.43. The van der Waals surface area contributed by atoms with Gasteiger partial charge in [0.25, 0.3) is 5.91 Å². The number of hydrogen-bond donors (Lipinski definition) is 3. The van der Waals surface area contributed by atoms with Crippen LogP contribution in [0, 0.1) is 13.8 Å². The predicted molar refractivity (Wildman–Crippen MR) is 109 cm³/mol. The van der Waals surface area contributed by atoms with Crippen molar-refractivity contribution in [3.8, 4) is 5.75 Å². The zero-order chi connectivity index (χ0) is 21.0. The highest BCUT2D eigenvalue weighted by molar-refractivity contribution is 7.09. The van der Waals surface area contributed by atoms with Crippen LogP contribution in [-0.4, -0.2) is 41.1 Å². The number of nitrogens with zero attached hydrogens (tertiary/aromatic N) is 1. The van der Waals surface area contributed by atoms with E-state index >= 15 is 0 Å². The van der Waals surface area contributed by atoms with Crippen molar-refractivity contribution in [3.63, 3.8) is 0 Å². The highest BCUT2D eigenvalue weighted by atomic mass is 32.1. The number of aromatic nitrogens is 1. The first-order valence-corrected chi connectivity index (χ1v) is 10.0. The maximum absolute atomic E-state index is 12.8. The number of ether oxygens (including phenoxy) is 1. The number of fused-ring (bicyclic) bond motifs is 1. The van der Waals surface area contributed by atoms with Gasteiger partial charge in [0, 0.05) is 11.9 Å². The Kier molecular flexibility index (Phi) is 6.50. The number of aliphatic hydroxyl groups excluding tert-OH is 1. The van der Waals surface area contributed by atoms with E-state index in [9.17, 15) is 9.59 Å². The molecule has 0 saturated carbocycles. The summed E-state index contributed by atoms with van der Waals surface area (Å²) in [5, 5.41) is 14.6. The van der Waals surface area contributed by atoms with E-state index in [-0.39, 0.29) is 19.1 Å². The van der Waals surface area contributed by atoms with Gasteiger partial charge in [0.1, 0.15) is 29.7 Å². The minimum Gasteiger partial charge on any atom is -0.488 e. The van der Waals surface area contributed by atoms with Crippen LogP contribution in [0.15, 0.2) is 28.1 Å². The van der Waals surface area contributed by atoms with E-state index in [0.717, 1.165) is 10.6 Å². The Hall–Kier alpha value is -2.91. The predicted octanol–water partition coefficient (Wildman–Crippen LogP) is 2.31. The van der Waals surface area contributed by atoms with E-state index in [1.807, 2.05) is 6.92 Å². The maximum atomic E-state index is 12.8. The van der Waals surface area contributed by atoms with E-state index in [1.165, 1.54) is 11.3 Å². The molecular formula is C20H23N3O5S. The number of aliphatic hydroxyl groups is 1. The molecule has 9 heteroatoms. The Morgan fingerprint density at radius 2 is 2.14 bits per heavy atom. The molecule has 0 bridgehead atoms. The van der Waals surface area contributed by atoms with E-state index in [2.05, 4.69) is 15.6 Å². The van der Waals surface area contributed by atoms with Gasteiger partial charge >= 0.3 is 0 Å². The number of thiazole rings is 1. The van der Waals surface area contributed by atoms with E-state index in [0.29, 0.717) is 34.6 Å². The standard InChI is InChI=1S/C20H23N3O5S/c1-11-17(29-10-22-11)9-27-14-4-5-16-15(8-14)18(13(3)28-16)20(26)23-12(2)19(25)21-6-7-24/h4-5,8,10,12,24H,6-7,9H2,1-3H3,(H,21,25)(H,23,26). The molecule has 0 saturated heterocycles. The average Bonchev–Trinajstić information content (AvgIpc) is 3.25. The summed E-state index contributed by atoms with van der Waals surface area (Å²) >= 11 is 1.53. The van der Waals surface area contributed by atoms with Gasteiger partial charge in [-0.05, 0) is 39.0 Å². The van der Waals surface area contributed by atoms with Crippen LogP contribution in [-0.2, 0) is 11.4 Å². The quantitative estimate of drug-likeness (QED) is 0.518. The Morgan fingerprint density at radius 1 is 1.34 bits per heavy atom. The van der Waals surface area contributed by atoms with Gasteiger partial charge in [0.15, 0.2) is 0 Å². The second-order valence-corrected chi connectivity index (χ2v) is 7.49. The number of rotatable bonds is 8. The van der Waals surface area contributed by atoms with Crippen molar-refractivity contribution in [2.24, 2.45) is 0 Å². The summed E-state index contributed by atoms with van der Waals surface area (Å²) in [4.78, 5) is 30.0. The van der Waals surface area contributed by atoms with Gasteiger partial charge in [-0.2, -0.15) is 0 Å². The van der Waals surface area contributed by atoms with Crippen molar-refractivity contribution in [1.82, 2.24) is 15.6 Å². The lowest BCUT2D eigenvalue weighted by molar-refractivity contribution is -0.122. The lowest BCUT2D eigenvalue weighted by Crippen LogP contribution is -2.45. The summed E-state index contributed by atoms with van der Waals surface area (Å²) in [6.07, 6.45) is 0. The summed E-state index contributed by atoms with van der Waals surface area (Å²) in [7, 11) is 0. The molecule has 1 unspecified atom stereocenters. The SMILES string of the molecule is Cc1ncsc1COc1ccc2oc(C)c(C(=O)NC(C)C(=O)NCCO)c2c1. The summed E-state index contributed by atoms with van der Waals surface area (Å²) in [6.45, 7) is 5.57. The normalized spacial score (nSPS) is 12.0. The molecule has 3 N–H and O–H groups in total. The van der Waals surface area contributed by atoms with Crippen LogP contribution in [0.25, 0.3) is 11.0 Å². The number of hydrogen-bond acceptors (Lipinski definition) is 7. The largest absolute Gasteiger partial charge is 0.488 e. The fourth-order valence-corrected chi connectivity index (χ4v) is 3.54. The van der Waals surface area contributed by atoms with Gasteiger partial charge in [0.05, 0.1) is 28.3 Å². The van der Waals surface area contributed by atoms with E-state index in [4.69, 9.17) is 14.3 Å². The molecule has 154 valence electrons. The van der Waals surface area contributed by atoms with Crippen molar-refractivity contribution in [2.75, 3.05) is 13.2 Å². The van der Waals surface area contributed by atoms with Gasteiger partial charge in [-0.3, -0.25) is 9.59 Å². The second-order valence-electron chi connectivity index (χ2n) is 6.55. The molecule has 8 nitrogen and oxygen atoms in total. The Morgan fingerprint density at radius 3 is 2.83 bits per heavy atom. The Bertz CT molecular complexity index is 1030. The number of benzene rings is 1. The second kappa shape index (κ2) is 9.06. The molecule has 3 rings (SSSR count). The van der Waals surface area contributed by atoms with Crippen LogP contribution in [0.3, 0.4) is 0 Å². The lowest BCUT2D eigenvalue weighted by Gasteiger charge is -2.13. The van der Waals surface area contributed by atoms with Gasteiger partial charge in [-0.25, -0.2) is 4.98 Å². The number of nitrogens with one attached hydrogen (secondary N) is 2. The minimum absolute atomic E-state index is 0.132. The summed E-state index contributed by atoms with van der Waals surface area (Å²) in [5.74, 6) is 0.273. The Balaban J connectivity index is 1.78. The average molecular weight is 417 g/mol. The molecule has 2 heterocycles. The minimum atomic E-state index is -0.757. The molecule has 0 fully saturated rings. The van der Waals surface area contributed by atoms with Crippen molar-refractivity contribution in [2.45, 2.75) is 33.4 Å². The third-order valence-corrected chi connectivity index (χ3v) is 5.34. The number of aryl methyl sites for hydroxylation is 2. The van der Waals surface area contributed by atoms with Crippen LogP contribution < -0.4 is 15.4 Å². The number of carbonyl (C=O) groups excluding carboxylic acids is 2. The monoisotopic (exact) mass is 417 g/mol. The molecular weight excluding hydrogens is 394 g/mol. The van der Waals surface area contributed by atoms with Crippen molar-refractivity contribution < 1.29 is 23.8 Å². The molecule has 0 radical (unpaired) electrons. The maximum Gasteiger partial charge on any atom is 0.256 e. The van der Waals surface area contributed by atoms with Gasteiger partial charge < -0.3 is 24.9 Å². The topological polar surface area (TPSA) is 114 Å². The van der Waals surface area contributed by atoms with Gasteiger partial charge in [0.2, 0.25) is 5.91 Å². The molecule has 0 spiro atoms. The van der Waals surface area contributed by atoms with Crippen LogP contribution in [0.4, 0.5) is 0 Å². The molecule has 29 heavy (non-hydrogen) atoms. The first-order chi connectivity index (χ1) is 13.9. The van der Waals surface area contributed by atoms with Crippen molar-refractivity contribution in [3.05, 3.63) is 45.6 Å². The molecule has 0 aliphatic rings. The Labute approximate surface area is 171 Å². The molecule has 1 aromatic carbocycles. The first kappa shape index (κ1) is 20.8. The zero-order valence-corrected chi connectivity index (χ0v) is 17.3. The molecule has 0 aliphatic heterocycles. The molecule has 2 amide bonds. The highest BCUT2D eigenvalue weighted by Gasteiger charge is 2.22. The molecule has 1 atom stereocenters. The van der Waals surface area contributed by atoms with Gasteiger partial charge in [-0.15, -0.1) is 11.3 Å². The van der Waals surface area contributed by atoms with Crippen LogP contribution >= 0.6 is 11.3 Å². The molecule has 2 aromatic heterocycles. The number of amides is 2. The fourth-order valence-electron chi connectivity index (χ4n) is 2.85. The summed E-state index contributed by atoms with van der Waals surface area (Å²) in [6, 6.07) is 4.54. The smallest absolute Gasteiger partial charge is 0.256 e. The highest BCUT2D eigenvalue weighted by Crippen LogP contribution is 2.30. The van der Waals surface area contributed by atoms with Crippen LogP contribution in [0.2, 0.25) is 0 Å². The van der Waals surface area contributed by atoms with Crippen molar-refractivity contribution >= 4 is 34.1 Å². The molecule has 3 aromatic rings. The van der Waals surface area contributed by atoms with E-state index < -0.39 is 11.9 Å². The van der Waals surface area contributed by atoms with E-state index in [1.54, 1.807) is 37.6 Å². The van der Waals surface area contributed by atoms with Gasteiger partial charge in [-0.1, -0.05) is 0 Å². The first-order valence-electron chi connectivity index (χ1n) is 9.15. The zero-order valence-electron chi connectivity index (χ0n) is 16.4. The van der Waals surface area contributed by atoms with Crippen LogP contribution in [0.5, 0.6) is 5.75 Å². The summed E-state index contributed by atoms with van der Waals surface area (Å²) < 4.78 is 11.5. The number of furan rings is 1. The summed E-state index contributed by atoms with van der Waals surface area (Å²) in [5.41, 5.74) is 3.63. The van der Waals surface area contributed by atoms with Crippen molar-refractivity contribution in [1.29, 1.82) is 0 Å². The number of carbonyl (C=O) groups is 2.